The summed E-state index contributed by atoms with van der Waals surface area (Å²) >= 11 is 0. The lowest BCUT2D eigenvalue weighted by atomic mass is 9.97. The van der Waals surface area contributed by atoms with Crippen molar-refractivity contribution in [1.29, 1.82) is 0 Å². The van der Waals surface area contributed by atoms with E-state index in [2.05, 4.69) is 4.98 Å². The van der Waals surface area contributed by atoms with Crippen molar-refractivity contribution in [2.45, 2.75) is 18.9 Å². The zero-order valence-electron chi connectivity index (χ0n) is 9.21. The van der Waals surface area contributed by atoms with E-state index in [0.717, 1.165) is 6.20 Å². The summed E-state index contributed by atoms with van der Waals surface area (Å²) in [4.78, 5) is 3.60. The Labute approximate surface area is 99.4 Å². The van der Waals surface area contributed by atoms with Crippen LogP contribution in [-0.4, -0.2) is 30.0 Å². The van der Waals surface area contributed by atoms with Crippen LogP contribution in [0.25, 0.3) is 0 Å². The number of hydrogen-bond acceptors (Lipinski definition) is 4. The Balaban J connectivity index is 2.03. The fourth-order valence-corrected chi connectivity index (χ4v) is 4.04. The average Bonchev–Trinajstić information content (AvgIpc) is 2.58. The Kier molecular flexibility index (Phi) is 3.44. The van der Waals surface area contributed by atoms with Crippen LogP contribution in [0.15, 0.2) is 18.5 Å². The van der Waals surface area contributed by atoms with Crippen LogP contribution in [-0.2, 0) is 9.84 Å². The molecule has 4 nitrogen and oxygen atoms in total. The van der Waals surface area contributed by atoms with Crippen molar-refractivity contribution < 1.29 is 17.9 Å². The SMILES string of the molecule is O=S1(=O)CCC(CC(O)c2ccncc2F)C1. The summed E-state index contributed by atoms with van der Waals surface area (Å²) in [6.07, 6.45) is 2.32. The van der Waals surface area contributed by atoms with Gasteiger partial charge < -0.3 is 5.11 Å². The molecule has 1 aliphatic rings. The van der Waals surface area contributed by atoms with Crippen LogP contribution in [0.2, 0.25) is 0 Å². The molecule has 2 atom stereocenters. The molecule has 0 aromatic carbocycles. The van der Waals surface area contributed by atoms with E-state index < -0.39 is 21.8 Å². The maximum atomic E-state index is 13.3. The van der Waals surface area contributed by atoms with Gasteiger partial charge in [-0.15, -0.1) is 0 Å². The molecule has 0 spiro atoms. The maximum absolute atomic E-state index is 13.3. The number of halogens is 1. The molecule has 2 heterocycles. The van der Waals surface area contributed by atoms with Crippen molar-refractivity contribution >= 4 is 9.84 Å². The third kappa shape index (κ3) is 3.01. The van der Waals surface area contributed by atoms with Gasteiger partial charge in [0.25, 0.3) is 0 Å². The minimum atomic E-state index is -2.95. The van der Waals surface area contributed by atoms with Crippen LogP contribution in [0, 0.1) is 11.7 Å². The highest BCUT2D eigenvalue weighted by atomic mass is 32.2. The molecule has 1 N–H and O–H groups in total. The van der Waals surface area contributed by atoms with Crippen molar-refractivity contribution in [2.75, 3.05) is 11.5 Å². The number of pyridine rings is 1. The van der Waals surface area contributed by atoms with E-state index in [4.69, 9.17) is 0 Å². The molecule has 0 amide bonds. The van der Waals surface area contributed by atoms with E-state index in [1.54, 1.807) is 0 Å². The van der Waals surface area contributed by atoms with E-state index in [1.807, 2.05) is 0 Å². The Morgan fingerprint density at radius 3 is 2.94 bits per heavy atom. The molecular weight excluding hydrogens is 245 g/mol. The van der Waals surface area contributed by atoms with Crippen molar-refractivity contribution in [3.63, 3.8) is 0 Å². The summed E-state index contributed by atoms with van der Waals surface area (Å²) in [5.41, 5.74) is 0.185. The van der Waals surface area contributed by atoms with Crippen LogP contribution in [0.3, 0.4) is 0 Å². The third-order valence-electron chi connectivity index (χ3n) is 3.05. The van der Waals surface area contributed by atoms with Crippen LogP contribution in [0.4, 0.5) is 4.39 Å². The Morgan fingerprint density at radius 1 is 1.59 bits per heavy atom. The first-order valence-corrected chi connectivity index (χ1v) is 7.28. The fraction of sp³-hybridized carbons (Fsp3) is 0.545. The molecule has 2 unspecified atom stereocenters. The molecule has 0 aliphatic carbocycles. The second-order valence-electron chi connectivity index (χ2n) is 4.42. The number of aliphatic hydroxyl groups is 1. The summed E-state index contributed by atoms with van der Waals surface area (Å²) in [5.74, 6) is -0.372. The number of aromatic nitrogens is 1. The summed E-state index contributed by atoms with van der Waals surface area (Å²) in [6, 6.07) is 1.42. The average molecular weight is 259 g/mol. The molecule has 6 heteroatoms. The smallest absolute Gasteiger partial charge is 0.150 e. The van der Waals surface area contributed by atoms with Gasteiger partial charge in [-0.05, 0) is 24.8 Å². The third-order valence-corrected chi connectivity index (χ3v) is 4.88. The fourth-order valence-electron chi connectivity index (χ4n) is 2.16. The Bertz CT molecular complexity index is 503. The van der Waals surface area contributed by atoms with Crippen molar-refractivity contribution in [3.8, 4) is 0 Å². The van der Waals surface area contributed by atoms with Crippen LogP contribution in [0.1, 0.15) is 24.5 Å². The highest BCUT2D eigenvalue weighted by Gasteiger charge is 2.30. The van der Waals surface area contributed by atoms with Gasteiger partial charge >= 0.3 is 0 Å². The van der Waals surface area contributed by atoms with Crippen LogP contribution >= 0.6 is 0 Å². The normalized spacial score (nSPS) is 24.7. The number of aliphatic hydroxyl groups excluding tert-OH is 1. The lowest BCUT2D eigenvalue weighted by Crippen LogP contribution is -2.10. The van der Waals surface area contributed by atoms with Crippen molar-refractivity contribution in [1.82, 2.24) is 4.98 Å². The molecule has 0 bridgehead atoms. The molecule has 1 aliphatic heterocycles. The Hall–Kier alpha value is -1.01. The van der Waals surface area contributed by atoms with E-state index in [1.165, 1.54) is 12.3 Å². The van der Waals surface area contributed by atoms with Gasteiger partial charge in [0.1, 0.15) is 5.82 Å². The lowest BCUT2D eigenvalue weighted by Gasteiger charge is -2.15. The van der Waals surface area contributed by atoms with E-state index >= 15 is 0 Å². The summed E-state index contributed by atoms with van der Waals surface area (Å²) < 4.78 is 35.8. The summed E-state index contributed by atoms with van der Waals surface area (Å²) in [7, 11) is -2.95. The molecule has 0 radical (unpaired) electrons. The molecule has 1 saturated heterocycles. The molecule has 1 aromatic rings. The number of sulfone groups is 1. The summed E-state index contributed by atoms with van der Waals surface area (Å²) in [5, 5.41) is 9.87. The standard InChI is InChI=1S/C11H14FNO3S/c12-10-6-13-3-1-9(10)11(14)5-8-2-4-17(15,16)7-8/h1,3,6,8,11,14H,2,4-5,7H2. The maximum Gasteiger partial charge on any atom is 0.150 e. The van der Waals surface area contributed by atoms with Gasteiger partial charge in [0.15, 0.2) is 9.84 Å². The molecule has 17 heavy (non-hydrogen) atoms. The van der Waals surface area contributed by atoms with Gasteiger partial charge in [0.2, 0.25) is 0 Å². The summed E-state index contributed by atoms with van der Waals surface area (Å²) in [6.45, 7) is 0. The van der Waals surface area contributed by atoms with Crippen molar-refractivity contribution in [2.24, 2.45) is 5.92 Å². The number of rotatable bonds is 3. The minimum Gasteiger partial charge on any atom is -0.388 e. The highest BCUT2D eigenvalue weighted by molar-refractivity contribution is 7.91. The molecule has 1 fully saturated rings. The highest BCUT2D eigenvalue weighted by Crippen LogP contribution is 2.29. The quantitative estimate of drug-likeness (QED) is 0.882. The zero-order valence-corrected chi connectivity index (χ0v) is 10.0. The lowest BCUT2D eigenvalue weighted by molar-refractivity contribution is 0.144. The predicted octanol–water partition coefficient (Wildman–Crippen LogP) is 1.08. The van der Waals surface area contributed by atoms with Gasteiger partial charge in [-0.2, -0.15) is 0 Å². The molecular formula is C11H14FNO3S. The zero-order chi connectivity index (χ0) is 12.5. The van der Waals surface area contributed by atoms with Crippen molar-refractivity contribution in [3.05, 3.63) is 29.8 Å². The molecule has 94 valence electrons. The van der Waals surface area contributed by atoms with Gasteiger partial charge in [-0.25, -0.2) is 12.8 Å². The molecule has 2 rings (SSSR count). The predicted molar refractivity (Wildman–Crippen MR) is 60.5 cm³/mol. The van der Waals surface area contributed by atoms with E-state index in [9.17, 15) is 17.9 Å². The van der Waals surface area contributed by atoms with Gasteiger partial charge in [0.05, 0.1) is 23.8 Å². The monoisotopic (exact) mass is 259 g/mol. The first-order valence-electron chi connectivity index (χ1n) is 5.46. The van der Waals surface area contributed by atoms with Gasteiger partial charge in [-0.1, -0.05) is 0 Å². The van der Waals surface area contributed by atoms with Crippen LogP contribution in [0.5, 0.6) is 0 Å². The molecule has 0 saturated carbocycles. The first kappa shape index (κ1) is 12.4. The number of hydrogen-bond donors (Lipinski definition) is 1. The largest absolute Gasteiger partial charge is 0.388 e. The minimum absolute atomic E-state index is 0.0810. The van der Waals surface area contributed by atoms with Crippen LogP contribution < -0.4 is 0 Å². The molecule has 1 aromatic heterocycles. The number of nitrogens with zero attached hydrogens (tertiary/aromatic N) is 1. The van der Waals surface area contributed by atoms with Gasteiger partial charge in [-0.3, -0.25) is 4.98 Å². The van der Waals surface area contributed by atoms with E-state index in [0.29, 0.717) is 6.42 Å². The first-order chi connectivity index (χ1) is 7.98. The van der Waals surface area contributed by atoms with E-state index in [-0.39, 0.29) is 29.4 Å². The van der Waals surface area contributed by atoms with Gasteiger partial charge in [0, 0.05) is 11.8 Å². The second kappa shape index (κ2) is 4.70. The second-order valence-corrected chi connectivity index (χ2v) is 6.65. The topological polar surface area (TPSA) is 67.3 Å². The Morgan fingerprint density at radius 2 is 2.35 bits per heavy atom.